The van der Waals surface area contributed by atoms with Crippen molar-refractivity contribution in [2.45, 2.75) is 65.3 Å². The van der Waals surface area contributed by atoms with Gasteiger partial charge in [-0.05, 0) is 81.0 Å². The molecule has 0 fully saturated rings. The second kappa shape index (κ2) is 10.0. The Balaban J connectivity index is 1.46. The summed E-state index contributed by atoms with van der Waals surface area (Å²) in [5.74, 6) is 0. The predicted molar refractivity (Wildman–Crippen MR) is 144 cm³/mol. The molecule has 2 aromatic carbocycles. The van der Waals surface area contributed by atoms with Crippen molar-refractivity contribution >= 4 is 17.4 Å². The molecule has 0 radical (unpaired) electrons. The van der Waals surface area contributed by atoms with E-state index in [2.05, 4.69) is 39.9 Å². The highest BCUT2D eigenvalue weighted by Crippen LogP contribution is 2.39. The third kappa shape index (κ3) is 5.39. The van der Waals surface area contributed by atoms with E-state index in [4.69, 9.17) is 4.74 Å². The Morgan fingerprint density at radius 3 is 2.76 bits per heavy atom. The number of aromatic nitrogens is 3. The number of fused-ring (bicyclic) bond motifs is 3. The van der Waals surface area contributed by atoms with Crippen LogP contribution in [0.3, 0.4) is 0 Å². The molecule has 37 heavy (non-hydrogen) atoms. The normalized spacial score (nSPS) is 17.4. The molecule has 3 aromatic rings. The second-order valence-corrected chi connectivity index (χ2v) is 10.8. The number of amides is 1. The first-order valence-corrected chi connectivity index (χ1v) is 12.9. The molecule has 8 heteroatoms. The first-order chi connectivity index (χ1) is 17.7. The average Bonchev–Trinajstić information content (AvgIpc) is 3.17. The standard InChI is InChI=1S/C29H35N5O3/c1-19-27-24-9-8-22(21-10-13-33(14-11-21)28(36)37-29(2,3)4)17-25(24)26(12-15-34(27)32-31-19)30-23-7-5-6-20(16-23)18-35/h5-10,16-17,26,30,35H,11-15,18H2,1-4H3. The molecule has 1 atom stereocenters. The fraction of sp³-hybridized carbons (Fsp3) is 0.414. The topological polar surface area (TPSA) is 92.5 Å². The Bertz CT molecular complexity index is 1340. The highest BCUT2D eigenvalue weighted by atomic mass is 16.6. The van der Waals surface area contributed by atoms with Gasteiger partial charge in [0.05, 0.1) is 24.0 Å². The monoisotopic (exact) mass is 501 g/mol. The quantitative estimate of drug-likeness (QED) is 0.502. The number of anilines is 1. The van der Waals surface area contributed by atoms with Gasteiger partial charge in [0.2, 0.25) is 0 Å². The van der Waals surface area contributed by atoms with Crippen LogP contribution >= 0.6 is 0 Å². The van der Waals surface area contributed by atoms with Gasteiger partial charge in [0.25, 0.3) is 0 Å². The number of benzene rings is 2. The minimum absolute atomic E-state index is 0.00956. The van der Waals surface area contributed by atoms with Gasteiger partial charge in [-0.3, -0.25) is 0 Å². The summed E-state index contributed by atoms with van der Waals surface area (Å²) in [6.45, 7) is 9.60. The van der Waals surface area contributed by atoms with E-state index in [9.17, 15) is 9.90 Å². The Morgan fingerprint density at radius 2 is 2.03 bits per heavy atom. The minimum atomic E-state index is -0.504. The lowest BCUT2D eigenvalue weighted by atomic mass is 9.90. The summed E-state index contributed by atoms with van der Waals surface area (Å²) in [6.07, 6.45) is 3.49. The van der Waals surface area contributed by atoms with Gasteiger partial charge in [0, 0.05) is 30.9 Å². The molecule has 0 saturated carbocycles. The van der Waals surface area contributed by atoms with E-state index in [1.807, 2.05) is 56.6 Å². The molecular weight excluding hydrogens is 466 g/mol. The zero-order valence-corrected chi connectivity index (χ0v) is 22.0. The third-order valence-electron chi connectivity index (χ3n) is 6.90. The van der Waals surface area contributed by atoms with E-state index in [1.54, 1.807) is 4.90 Å². The maximum atomic E-state index is 12.5. The number of hydrogen-bond acceptors (Lipinski definition) is 6. The lowest BCUT2D eigenvalue weighted by molar-refractivity contribution is 0.0270. The molecule has 0 bridgehead atoms. The highest BCUT2D eigenvalue weighted by molar-refractivity contribution is 5.76. The SMILES string of the molecule is Cc1nnn2c1-c1ccc(C3=CCN(C(=O)OC(C)(C)C)CC3)cc1C(Nc1cccc(CO)c1)CC2. The first-order valence-electron chi connectivity index (χ1n) is 12.9. The fourth-order valence-electron chi connectivity index (χ4n) is 5.10. The number of nitrogens with zero attached hydrogens (tertiary/aromatic N) is 4. The molecule has 2 N–H and O–H groups in total. The van der Waals surface area contributed by atoms with Crippen LogP contribution in [0.1, 0.15) is 62.0 Å². The van der Waals surface area contributed by atoms with E-state index in [0.717, 1.165) is 53.2 Å². The number of carbonyl (C=O) groups excluding carboxylic acids is 1. The van der Waals surface area contributed by atoms with Gasteiger partial charge in [-0.25, -0.2) is 9.48 Å². The first kappa shape index (κ1) is 25.0. The molecule has 1 aromatic heterocycles. The predicted octanol–water partition coefficient (Wildman–Crippen LogP) is 5.33. The Kier molecular flexibility index (Phi) is 6.77. The molecule has 5 rings (SSSR count). The molecule has 0 spiro atoms. The van der Waals surface area contributed by atoms with Crippen molar-refractivity contribution in [3.8, 4) is 11.3 Å². The molecule has 1 amide bonds. The third-order valence-corrected chi connectivity index (χ3v) is 6.90. The summed E-state index contributed by atoms with van der Waals surface area (Å²) >= 11 is 0. The summed E-state index contributed by atoms with van der Waals surface area (Å²) < 4.78 is 7.55. The van der Waals surface area contributed by atoms with Crippen LogP contribution in [0.4, 0.5) is 10.5 Å². The average molecular weight is 502 g/mol. The van der Waals surface area contributed by atoms with Crippen LogP contribution in [-0.4, -0.2) is 49.8 Å². The van der Waals surface area contributed by atoms with E-state index < -0.39 is 5.60 Å². The molecule has 8 nitrogen and oxygen atoms in total. The van der Waals surface area contributed by atoms with E-state index in [0.29, 0.717) is 13.1 Å². The number of nitrogens with one attached hydrogen (secondary N) is 1. The number of carbonyl (C=O) groups is 1. The molecule has 2 aliphatic rings. The summed E-state index contributed by atoms with van der Waals surface area (Å²) in [4.78, 5) is 14.3. The minimum Gasteiger partial charge on any atom is -0.444 e. The van der Waals surface area contributed by atoms with Crippen molar-refractivity contribution in [2.24, 2.45) is 0 Å². The van der Waals surface area contributed by atoms with E-state index >= 15 is 0 Å². The van der Waals surface area contributed by atoms with E-state index in [1.165, 1.54) is 11.1 Å². The van der Waals surface area contributed by atoms with E-state index in [-0.39, 0.29) is 18.7 Å². The van der Waals surface area contributed by atoms with Crippen LogP contribution < -0.4 is 5.32 Å². The van der Waals surface area contributed by atoms with Gasteiger partial charge < -0.3 is 20.1 Å². The summed E-state index contributed by atoms with van der Waals surface area (Å²) in [5, 5.41) is 22.0. The van der Waals surface area contributed by atoms with Crippen LogP contribution in [0.5, 0.6) is 0 Å². The number of aryl methyl sites for hydroxylation is 2. The van der Waals surface area contributed by atoms with Crippen molar-refractivity contribution in [2.75, 3.05) is 18.4 Å². The number of hydrogen-bond donors (Lipinski definition) is 2. The number of aliphatic hydroxyl groups is 1. The maximum absolute atomic E-state index is 12.5. The highest BCUT2D eigenvalue weighted by Gasteiger charge is 2.27. The molecular formula is C29H35N5O3. The molecule has 3 heterocycles. The van der Waals surface area contributed by atoms with Gasteiger partial charge in [0.1, 0.15) is 5.60 Å². The lowest BCUT2D eigenvalue weighted by Gasteiger charge is -2.30. The summed E-state index contributed by atoms with van der Waals surface area (Å²) in [5.41, 5.74) is 8.06. The van der Waals surface area contributed by atoms with Crippen LogP contribution in [-0.2, 0) is 17.9 Å². The van der Waals surface area contributed by atoms with Crippen LogP contribution in [0.15, 0.2) is 48.5 Å². The lowest BCUT2D eigenvalue weighted by Crippen LogP contribution is -2.39. The van der Waals surface area contributed by atoms with Crippen molar-refractivity contribution in [1.82, 2.24) is 19.9 Å². The fourth-order valence-corrected chi connectivity index (χ4v) is 5.10. The smallest absolute Gasteiger partial charge is 0.410 e. The zero-order chi connectivity index (χ0) is 26.2. The van der Waals surface area contributed by atoms with Crippen LogP contribution in [0.25, 0.3) is 16.8 Å². The molecule has 194 valence electrons. The van der Waals surface area contributed by atoms with Crippen LogP contribution in [0, 0.1) is 6.92 Å². The van der Waals surface area contributed by atoms with Gasteiger partial charge in [0.15, 0.2) is 0 Å². The van der Waals surface area contributed by atoms with Gasteiger partial charge in [-0.1, -0.05) is 35.6 Å². The Hall–Kier alpha value is -3.65. The van der Waals surface area contributed by atoms with Crippen molar-refractivity contribution < 1.29 is 14.6 Å². The zero-order valence-electron chi connectivity index (χ0n) is 22.0. The Labute approximate surface area is 217 Å². The Morgan fingerprint density at radius 1 is 1.19 bits per heavy atom. The summed E-state index contributed by atoms with van der Waals surface area (Å²) in [7, 11) is 0. The van der Waals surface area contributed by atoms with Crippen molar-refractivity contribution in [1.29, 1.82) is 0 Å². The van der Waals surface area contributed by atoms with Gasteiger partial charge in [-0.15, -0.1) is 5.10 Å². The molecule has 2 aliphatic heterocycles. The molecule has 0 saturated heterocycles. The number of aliphatic hydroxyl groups excluding tert-OH is 1. The van der Waals surface area contributed by atoms with Crippen molar-refractivity contribution in [3.05, 3.63) is 70.9 Å². The van der Waals surface area contributed by atoms with Gasteiger partial charge >= 0.3 is 6.09 Å². The largest absolute Gasteiger partial charge is 0.444 e. The maximum Gasteiger partial charge on any atom is 0.410 e. The number of ether oxygens (including phenoxy) is 1. The molecule has 1 unspecified atom stereocenters. The van der Waals surface area contributed by atoms with Crippen molar-refractivity contribution in [3.63, 3.8) is 0 Å². The number of rotatable bonds is 4. The molecule has 0 aliphatic carbocycles. The van der Waals surface area contributed by atoms with Gasteiger partial charge in [-0.2, -0.15) is 0 Å². The second-order valence-electron chi connectivity index (χ2n) is 10.8. The summed E-state index contributed by atoms with van der Waals surface area (Å²) in [6, 6.07) is 14.6. The van der Waals surface area contributed by atoms with Crippen LogP contribution in [0.2, 0.25) is 0 Å².